The van der Waals surface area contributed by atoms with Crippen LogP contribution in [-0.4, -0.2) is 43.3 Å². The zero-order chi connectivity index (χ0) is 22.4. The molecule has 2 aliphatic rings. The summed E-state index contributed by atoms with van der Waals surface area (Å²) in [4.78, 5) is 41.7. The van der Waals surface area contributed by atoms with E-state index in [1.807, 2.05) is 4.40 Å². The summed E-state index contributed by atoms with van der Waals surface area (Å²) < 4.78 is 7.09. The van der Waals surface area contributed by atoms with Gasteiger partial charge in [-0.25, -0.2) is 4.79 Å². The fraction of sp³-hybridized carbons (Fsp3) is 0.476. The van der Waals surface area contributed by atoms with Crippen molar-refractivity contribution in [1.29, 1.82) is 0 Å². The summed E-state index contributed by atoms with van der Waals surface area (Å²) in [6, 6.07) is 0. The lowest BCUT2D eigenvalue weighted by Crippen LogP contribution is -2.24. The predicted octanol–water partition coefficient (Wildman–Crippen LogP) is 2.75. The number of carbonyl (C=O) groups is 2. The quantitative estimate of drug-likeness (QED) is 0.417. The van der Waals surface area contributed by atoms with E-state index in [2.05, 4.69) is 20.5 Å². The molecule has 11 heteroatoms. The molecular formula is C21H23N5O4S2. The van der Waals surface area contributed by atoms with Crippen molar-refractivity contribution in [3.05, 3.63) is 37.6 Å². The number of esters is 1. The smallest absolute Gasteiger partial charge is 0.341 e. The highest BCUT2D eigenvalue weighted by Crippen LogP contribution is 2.40. The maximum absolute atomic E-state index is 13.0. The van der Waals surface area contributed by atoms with Gasteiger partial charge >= 0.3 is 5.97 Å². The number of hydrogen-bond donors (Lipinski definition) is 2. The van der Waals surface area contributed by atoms with Gasteiger partial charge in [0, 0.05) is 16.1 Å². The van der Waals surface area contributed by atoms with Gasteiger partial charge in [0.15, 0.2) is 5.16 Å². The number of hydrogen-bond acceptors (Lipinski definition) is 8. The van der Waals surface area contributed by atoms with Crippen LogP contribution in [0.4, 0.5) is 5.00 Å². The molecule has 0 spiro atoms. The van der Waals surface area contributed by atoms with Gasteiger partial charge in [-0.05, 0) is 57.9 Å². The summed E-state index contributed by atoms with van der Waals surface area (Å²) in [6.07, 6.45) is 5.19. The summed E-state index contributed by atoms with van der Waals surface area (Å²) in [5.74, 6) is -0.214. The lowest BCUT2D eigenvalue weighted by molar-refractivity contribution is -0.115. The molecule has 0 bridgehead atoms. The summed E-state index contributed by atoms with van der Waals surface area (Å²) in [5, 5.41) is 11.9. The Labute approximate surface area is 192 Å². The SMILES string of the molecule is CCOC(=O)c1c(NC(=O)C(C)Sc2nnc3[nH]c(=O)c4c(n23)CCC4)sc2c1CCC2. The van der Waals surface area contributed by atoms with Crippen molar-refractivity contribution in [3.8, 4) is 0 Å². The number of H-pyrrole nitrogens is 1. The molecule has 3 aromatic rings. The number of ether oxygens (including phenoxy) is 1. The molecule has 0 radical (unpaired) electrons. The first kappa shape index (κ1) is 21.2. The molecule has 168 valence electrons. The van der Waals surface area contributed by atoms with E-state index in [1.165, 1.54) is 23.1 Å². The third-order valence-electron chi connectivity index (χ3n) is 5.88. The Balaban J connectivity index is 1.39. The first-order chi connectivity index (χ1) is 15.5. The number of aryl methyl sites for hydroxylation is 2. The summed E-state index contributed by atoms with van der Waals surface area (Å²) in [7, 11) is 0. The second-order valence-corrected chi connectivity index (χ2v) is 10.3. The van der Waals surface area contributed by atoms with Crippen LogP contribution >= 0.6 is 23.1 Å². The van der Waals surface area contributed by atoms with E-state index in [0.29, 0.717) is 21.5 Å². The van der Waals surface area contributed by atoms with Crippen LogP contribution in [-0.2, 0) is 35.2 Å². The number of rotatable bonds is 6. The van der Waals surface area contributed by atoms with Crippen molar-refractivity contribution in [3.63, 3.8) is 0 Å². The third-order valence-corrected chi connectivity index (χ3v) is 8.13. The maximum atomic E-state index is 13.0. The Morgan fingerprint density at radius 3 is 2.81 bits per heavy atom. The second kappa shape index (κ2) is 8.36. The van der Waals surface area contributed by atoms with E-state index >= 15 is 0 Å². The minimum absolute atomic E-state index is 0.114. The standard InChI is InChI=1S/C21H23N5O4S2/c1-3-30-19(29)15-12-7-5-9-14(12)32-18(15)22-16(27)10(2)31-21-25-24-20-23-17(28)11-6-4-8-13(11)26(20)21/h10H,3-9H2,1-2H3,(H,22,27)(H,23,24,28). The van der Waals surface area contributed by atoms with Crippen LogP contribution in [0.5, 0.6) is 0 Å². The second-order valence-electron chi connectivity index (χ2n) is 7.91. The van der Waals surface area contributed by atoms with Crippen LogP contribution < -0.4 is 10.9 Å². The van der Waals surface area contributed by atoms with Crippen LogP contribution in [0.2, 0.25) is 0 Å². The van der Waals surface area contributed by atoms with Gasteiger partial charge in [-0.15, -0.1) is 21.5 Å². The molecule has 0 saturated carbocycles. The summed E-state index contributed by atoms with van der Waals surface area (Å²) in [5.41, 5.74) is 3.08. The number of carbonyl (C=O) groups excluding carboxylic acids is 2. The average Bonchev–Trinajstić information content (AvgIpc) is 3.51. The Bertz CT molecular complexity index is 1290. The van der Waals surface area contributed by atoms with Gasteiger partial charge in [0.25, 0.3) is 5.56 Å². The van der Waals surface area contributed by atoms with E-state index in [1.54, 1.807) is 13.8 Å². The number of nitrogens with zero attached hydrogens (tertiary/aromatic N) is 3. The van der Waals surface area contributed by atoms with Crippen molar-refractivity contribution < 1.29 is 14.3 Å². The fourth-order valence-corrected chi connectivity index (χ4v) is 6.56. The van der Waals surface area contributed by atoms with Crippen LogP contribution in [0.3, 0.4) is 0 Å². The average molecular weight is 474 g/mol. The molecule has 1 unspecified atom stereocenters. The highest BCUT2D eigenvalue weighted by atomic mass is 32.2. The van der Waals surface area contributed by atoms with Crippen LogP contribution in [0.15, 0.2) is 9.95 Å². The van der Waals surface area contributed by atoms with Crippen molar-refractivity contribution >= 4 is 45.8 Å². The number of fused-ring (bicyclic) bond motifs is 4. The molecule has 32 heavy (non-hydrogen) atoms. The number of aromatic nitrogens is 4. The zero-order valence-corrected chi connectivity index (χ0v) is 19.5. The molecule has 0 fully saturated rings. The highest BCUT2D eigenvalue weighted by Gasteiger charge is 2.30. The Morgan fingerprint density at radius 1 is 1.22 bits per heavy atom. The molecule has 2 N–H and O–H groups in total. The van der Waals surface area contributed by atoms with Gasteiger partial charge < -0.3 is 10.1 Å². The van der Waals surface area contributed by atoms with E-state index in [9.17, 15) is 14.4 Å². The first-order valence-corrected chi connectivity index (χ1v) is 12.5. The van der Waals surface area contributed by atoms with Gasteiger partial charge in [-0.3, -0.25) is 19.0 Å². The van der Waals surface area contributed by atoms with E-state index < -0.39 is 5.25 Å². The van der Waals surface area contributed by atoms with Gasteiger partial charge in [-0.2, -0.15) is 0 Å². The minimum Gasteiger partial charge on any atom is -0.462 e. The molecule has 1 atom stereocenters. The maximum Gasteiger partial charge on any atom is 0.341 e. The topological polar surface area (TPSA) is 118 Å². The monoisotopic (exact) mass is 473 g/mol. The molecule has 3 heterocycles. The zero-order valence-electron chi connectivity index (χ0n) is 17.8. The molecule has 9 nitrogen and oxygen atoms in total. The Kier molecular flexibility index (Phi) is 5.54. The third kappa shape index (κ3) is 3.53. The molecule has 5 rings (SSSR count). The number of amides is 1. The fourth-order valence-electron chi connectivity index (χ4n) is 4.40. The van der Waals surface area contributed by atoms with Crippen LogP contribution in [0, 0.1) is 0 Å². The van der Waals surface area contributed by atoms with E-state index in [-0.39, 0.29) is 24.0 Å². The van der Waals surface area contributed by atoms with Crippen molar-refractivity contribution in [2.24, 2.45) is 0 Å². The summed E-state index contributed by atoms with van der Waals surface area (Å²) in [6.45, 7) is 3.85. The Hall–Kier alpha value is -2.66. The largest absolute Gasteiger partial charge is 0.462 e. The molecule has 3 aromatic heterocycles. The number of thiophene rings is 1. The minimum atomic E-state index is -0.488. The summed E-state index contributed by atoms with van der Waals surface area (Å²) >= 11 is 2.74. The number of nitrogens with one attached hydrogen (secondary N) is 2. The van der Waals surface area contributed by atoms with E-state index in [0.717, 1.165) is 60.2 Å². The van der Waals surface area contributed by atoms with Gasteiger partial charge in [0.2, 0.25) is 11.7 Å². The van der Waals surface area contributed by atoms with Crippen molar-refractivity contribution in [2.75, 3.05) is 11.9 Å². The number of aromatic amines is 1. The predicted molar refractivity (Wildman–Crippen MR) is 122 cm³/mol. The van der Waals surface area contributed by atoms with Gasteiger partial charge in [0.05, 0.1) is 17.4 Å². The normalized spacial score (nSPS) is 15.6. The molecule has 0 saturated heterocycles. The van der Waals surface area contributed by atoms with Crippen molar-refractivity contribution in [1.82, 2.24) is 19.6 Å². The highest BCUT2D eigenvalue weighted by molar-refractivity contribution is 8.00. The first-order valence-electron chi connectivity index (χ1n) is 10.8. The Morgan fingerprint density at radius 2 is 2.00 bits per heavy atom. The lowest BCUT2D eigenvalue weighted by Gasteiger charge is -2.12. The number of thioether (sulfide) groups is 1. The number of anilines is 1. The molecule has 1 amide bonds. The molecule has 2 aliphatic carbocycles. The van der Waals surface area contributed by atoms with E-state index in [4.69, 9.17) is 4.74 Å². The molecule has 0 aliphatic heterocycles. The van der Waals surface area contributed by atoms with Crippen LogP contribution in [0.25, 0.3) is 5.78 Å². The van der Waals surface area contributed by atoms with Gasteiger partial charge in [-0.1, -0.05) is 11.8 Å². The van der Waals surface area contributed by atoms with Gasteiger partial charge in [0.1, 0.15) is 5.00 Å². The molecular weight excluding hydrogens is 450 g/mol. The van der Waals surface area contributed by atoms with Crippen LogP contribution in [0.1, 0.15) is 58.7 Å². The molecule has 0 aromatic carbocycles. The van der Waals surface area contributed by atoms with Crippen molar-refractivity contribution in [2.45, 2.75) is 62.8 Å². The lowest BCUT2D eigenvalue weighted by atomic mass is 10.1.